The molecular formula is C25H26F2N4O3. The Hall–Kier alpha value is -3.59. The number of aliphatic hydroxyl groups is 1. The van der Waals surface area contributed by atoms with Crippen LogP contribution in [0.2, 0.25) is 0 Å². The third kappa shape index (κ3) is 4.31. The maximum atomic E-state index is 13.5. The molecule has 0 bridgehead atoms. The Bertz CT molecular complexity index is 1400. The highest BCUT2D eigenvalue weighted by molar-refractivity contribution is 5.77. The number of fused-ring (bicyclic) bond motifs is 1. The molecule has 0 aliphatic heterocycles. The lowest BCUT2D eigenvalue weighted by Crippen LogP contribution is -2.41. The van der Waals surface area contributed by atoms with E-state index in [0.29, 0.717) is 17.9 Å². The van der Waals surface area contributed by atoms with Gasteiger partial charge in [0.15, 0.2) is 11.2 Å². The molecule has 34 heavy (non-hydrogen) atoms. The minimum Gasteiger partial charge on any atom is -0.396 e. The van der Waals surface area contributed by atoms with Crippen molar-refractivity contribution in [2.24, 2.45) is 0 Å². The second-order valence-corrected chi connectivity index (χ2v) is 8.38. The molecule has 0 aliphatic carbocycles. The molecule has 0 spiro atoms. The van der Waals surface area contributed by atoms with Crippen molar-refractivity contribution in [1.29, 1.82) is 0 Å². The van der Waals surface area contributed by atoms with E-state index in [2.05, 4.69) is 0 Å². The van der Waals surface area contributed by atoms with Crippen LogP contribution in [-0.2, 0) is 13.1 Å². The number of imidazole rings is 1. The maximum Gasteiger partial charge on any atom is 0.332 e. The maximum absolute atomic E-state index is 13.5. The molecule has 2 aromatic heterocycles. The Labute approximate surface area is 194 Å². The van der Waals surface area contributed by atoms with Gasteiger partial charge in [0.2, 0.25) is 0 Å². The fraction of sp³-hybridized carbons (Fsp3) is 0.320. The van der Waals surface area contributed by atoms with Crippen molar-refractivity contribution in [3.8, 4) is 11.4 Å². The van der Waals surface area contributed by atoms with Gasteiger partial charge in [-0.3, -0.25) is 13.9 Å². The summed E-state index contributed by atoms with van der Waals surface area (Å²) >= 11 is 0. The fourth-order valence-corrected chi connectivity index (χ4v) is 4.06. The molecule has 0 radical (unpaired) electrons. The van der Waals surface area contributed by atoms with Crippen LogP contribution in [0.1, 0.15) is 43.9 Å². The van der Waals surface area contributed by atoms with Gasteiger partial charge in [-0.15, -0.1) is 0 Å². The van der Waals surface area contributed by atoms with E-state index >= 15 is 0 Å². The monoisotopic (exact) mass is 468 g/mol. The van der Waals surface area contributed by atoms with Crippen LogP contribution in [0, 0.1) is 0 Å². The quantitative estimate of drug-likeness (QED) is 0.424. The molecule has 2 heterocycles. The first kappa shape index (κ1) is 23.6. The molecule has 4 aromatic rings. The van der Waals surface area contributed by atoms with Crippen LogP contribution in [0.4, 0.5) is 8.78 Å². The first-order valence-electron chi connectivity index (χ1n) is 11.1. The number of hydrogen-bond acceptors (Lipinski definition) is 4. The second-order valence-electron chi connectivity index (χ2n) is 8.38. The largest absolute Gasteiger partial charge is 0.396 e. The number of benzene rings is 2. The van der Waals surface area contributed by atoms with Gasteiger partial charge in [0, 0.05) is 36.9 Å². The van der Waals surface area contributed by atoms with Crippen LogP contribution >= 0.6 is 0 Å². The molecule has 0 atom stereocenters. The summed E-state index contributed by atoms with van der Waals surface area (Å²) in [6.07, 6.45) is -2.34. The van der Waals surface area contributed by atoms with Crippen molar-refractivity contribution in [2.75, 3.05) is 6.61 Å². The van der Waals surface area contributed by atoms with E-state index in [9.17, 15) is 23.5 Å². The molecule has 4 rings (SSSR count). The molecule has 0 unspecified atom stereocenters. The van der Waals surface area contributed by atoms with Gasteiger partial charge in [-0.2, -0.15) is 0 Å². The summed E-state index contributed by atoms with van der Waals surface area (Å²) in [7, 11) is 0. The number of hydrogen-bond donors (Lipinski definition) is 1. The zero-order valence-electron chi connectivity index (χ0n) is 19.0. The van der Waals surface area contributed by atoms with Crippen LogP contribution in [0.3, 0.4) is 0 Å². The molecule has 0 amide bonds. The molecule has 0 aliphatic rings. The third-order valence-electron chi connectivity index (χ3n) is 5.72. The highest BCUT2D eigenvalue weighted by atomic mass is 19.3. The summed E-state index contributed by atoms with van der Waals surface area (Å²) in [6.45, 7) is 3.88. The standard InChI is InChI=1S/C25H26F2N4O3/c1-16(2)31-23-20(24(33)29(25(31)34)13-6-14-32)30(15-17-7-4-3-5-8-17)22(28-23)19-11-9-18(10-12-19)21(26)27/h3-5,7-12,16,21,32H,6,13-15H2,1-2H3. The topological polar surface area (TPSA) is 82.0 Å². The smallest absolute Gasteiger partial charge is 0.332 e. The first-order chi connectivity index (χ1) is 16.3. The van der Waals surface area contributed by atoms with Crippen molar-refractivity contribution in [3.05, 3.63) is 86.6 Å². The van der Waals surface area contributed by atoms with E-state index in [1.165, 1.54) is 16.7 Å². The average molecular weight is 469 g/mol. The van der Waals surface area contributed by atoms with Crippen LogP contribution in [0.5, 0.6) is 0 Å². The van der Waals surface area contributed by atoms with Gasteiger partial charge >= 0.3 is 5.69 Å². The summed E-state index contributed by atoms with van der Waals surface area (Å²) < 4.78 is 30.5. The average Bonchev–Trinajstić information content (AvgIpc) is 3.18. The molecule has 1 N–H and O–H groups in total. The Morgan fingerprint density at radius 2 is 1.65 bits per heavy atom. The number of aliphatic hydroxyl groups excluding tert-OH is 1. The first-order valence-corrected chi connectivity index (χ1v) is 11.1. The van der Waals surface area contributed by atoms with Crippen LogP contribution in [0.15, 0.2) is 64.2 Å². The number of nitrogens with zero attached hydrogens (tertiary/aromatic N) is 4. The molecular weight excluding hydrogens is 442 g/mol. The third-order valence-corrected chi connectivity index (χ3v) is 5.72. The van der Waals surface area contributed by atoms with Crippen molar-refractivity contribution in [3.63, 3.8) is 0 Å². The summed E-state index contributed by atoms with van der Waals surface area (Å²) in [6, 6.07) is 15.0. The van der Waals surface area contributed by atoms with E-state index in [1.54, 1.807) is 16.7 Å². The number of alkyl halides is 2. The number of aromatic nitrogens is 4. The fourth-order valence-electron chi connectivity index (χ4n) is 4.06. The number of rotatable bonds is 8. The highest BCUT2D eigenvalue weighted by Crippen LogP contribution is 2.27. The normalized spacial score (nSPS) is 11.7. The SMILES string of the molecule is CC(C)n1c(=O)n(CCCO)c(=O)c2c1nc(-c1ccc(C(F)F)cc1)n2Cc1ccccc1. The lowest BCUT2D eigenvalue weighted by molar-refractivity contribution is 0.151. The summed E-state index contributed by atoms with van der Waals surface area (Å²) in [5.41, 5.74) is 0.864. The zero-order valence-corrected chi connectivity index (χ0v) is 19.0. The van der Waals surface area contributed by atoms with Crippen LogP contribution in [0.25, 0.3) is 22.6 Å². The second kappa shape index (κ2) is 9.72. The van der Waals surface area contributed by atoms with Crippen molar-refractivity contribution in [2.45, 2.75) is 45.8 Å². The minimum absolute atomic E-state index is 0.0752. The molecule has 7 nitrogen and oxygen atoms in total. The number of halogens is 2. The summed E-state index contributed by atoms with van der Waals surface area (Å²) in [5.74, 6) is 0.408. The van der Waals surface area contributed by atoms with Crippen LogP contribution in [-0.4, -0.2) is 30.4 Å². The van der Waals surface area contributed by atoms with Gasteiger partial charge in [-0.25, -0.2) is 18.6 Å². The predicted molar refractivity (Wildman–Crippen MR) is 126 cm³/mol. The van der Waals surface area contributed by atoms with E-state index < -0.39 is 17.7 Å². The van der Waals surface area contributed by atoms with Crippen molar-refractivity contribution < 1.29 is 13.9 Å². The zero-order chi connectivity index (χ0) is 24.4. The Kier molecular flexibility index (Phi) is 6.74. The van der Waals surface area contributed by atoms with Gasteiger partial charge in [0.25, 0.3) is 12.0 Å². The summed E-state index contributed by atoms with van der Waals surface area (Å²) in [4.78, 5) is 31.4. The van der Waals surface area contributed by atoms with Gasteiger partial charge in [0.05, 0.1) is 0 Å². The van der Waals surface area contributed by atoms with Crippen molar-refractivity contribution >= 4 is 11.2 Å². The van der Waals surface area contributed by atoms with Gasteiger partial charge < -0.3 is 9.67 Å². The Morgan fingerprint density at radius 3 is 2.24 bits per heavy atom. The lowest BCUT2D eigenvalue weighted by atomic mass is 10.1. The Balaban J connectivity index is 2.05. The van der Waals surface area contributed by atoms with E-state index in [1.807, 2.05) is 44.2 Å². The van der Waals surface area contributed by atoms with Gasteiger partial charge in [-0.05, 0) is 25.8 Å². The molecule has 0 saturated heterocycles. The van der Waals surface area contributed by atoms with Gasteiger partial charge in [-0.1, -0.05) is 54.6 Å². The van der Waals surface area contributed by atoms with E-state index in [0.717, 1.165) is 10.1 Å². The molecule has 9 heteroatoms. The van der Waals surface area contributed by atoms with E-state index in [-0.39, 0.29) is 42.3 Å². The van der Waals surface area contributed by atoms with Gasteiger partial charge in [0.1, 0.15) is 5.82 Å². The van der Waals surface area contributed by atoms with Crippen molar-refractivity contribution in [1.82, 2.24) is 18.7 Å². The Morgan fingerprint density at radius 1 is 0.971 bits per heavy atom. The molecule has 0 fully saturated rings. The molecule has 0 saturated carbocycles. The minimum atomic E-state index is -2.60. The molecule has 178 valence electrons. The van der Waals surface area contributed by atoms with Crippen LogP contribution < -0.4 is 11.2 Å². The highest BCUT2D eigenvalue weighted by Gasteiger charge is 2.24. The van der Waals surface area contributed by atoms with E-state index in [4.69, 9.17) is 4.98 Å². The summed E-state index contributed by atoms with van der Waals surface area (Å²) in [5, 5.41) is 9.27. The predicted octanol–water partition coefficient (Wildman–Crippen LogP) is 3.98. The molecule has 2 aromatic carbocycles. The lowest BCUT2D eigenvalue weighted by Gasteiger charge is -2.15.